The van der Waals surface area contributed by atoms with Crippen LogP contribution in [0.25, 0.3) is 0 Å². The molecule has 2 heterocycles. The van der Waals surface area contributed by atoms with Gasteiger partial charge in [0.25, 0.3) is 0 Å². The topological polar surface area (TPSA) is 57.7 Å². The average Bonchev–Trinajstić information content (AvgIpc) is 2.88. The summed E-state index contributed by atoms with van der Waals surface area (Å²) in [5.74, 6) is 0.363. The highest BCUT2D eigenvalue weighted by Gasteiger charge is 2.35. The second-order valence-corrected chi connectivity index (χ2v) is 7.05. The second-order valence-electron chi connectivity index (χ2n) is 4.82. The molecule has 1 atom stereocenters. The number of carbonyl (C=O) groups excluding carboxylic acids is 1. The van der Waals surface area contributed by atoms with Gasteiger partial charge in [0, 0.05) is 25.7 Å². The Morgan fingerprint density at radius 2 is 2.00 bits per heavy atom. The van der Waals surface area contributed by atoms with Crippen molar-refractivity contribution in [3.05, 3.63) is 0 Å². The first kappa shape index (κ1) is 12.7. The van der Waals surface area contributed by atoms with Gasteiger partial charge in [-0.1, -0.05) is 0 Å². The van der Waals surface area contributed by atoms with Gasteiger partial charge in [0.05, 0.1) is 11.5 Å². The number of carbonyl (C=O) groups is 1. The molecule has 0 N–H and O–H groups in total. The Labute approximate surface area is 103 Å². The fraction of sp³-hybridized carbons (Fsp3) is 0.909. The van der Waals surface area contributed by atoms with Crippen molar-refractivity contribution in [1.82, 2.24) is 9.80 Å². The lowest BCUT2D eigenvalue weighted by atomic mass is 10.2. The fourth-order valence-electron chi connectivity index (χ4n) is 2.66. The number of sulfone groups is 1. The Bertz CT molecular complexity index is 388. The molecule has 2 aliphatic heterocycles. The molecule has 2 rings (SSSR count). The Morgan fingerprint density at radius 1 is 1.35 bits per heavy atom. The van der Waals surface area contributed by atoms with E-state index in [2.05, 4.69) is 0 Å². The average molecular weight is 260 g/mol. The number of likely N-dealkylation sites (tertiary alicyclic amines) is 1. The van der Waals surface area contributed by atoms with Crippen LogP contribution >= 0.6 is 0 Å². The van der Waals surface area contributed by atoms with E-state index < -0.39 is 9.84 Å². The molecule has 2 amide bonds. The summed E-state index contributed by atoms with van der Waals surface area (Å²) in [5, 5.41) is 0. The number of hydrogen-bond donors (Lipinski definition) is 0. The number of hydrogen-bond acceptors (Lipinski definition) is 3. The van der Waals surface area contributed by atoms with Crippen molar-refractivity contribution in [3.8, 4) is 0 Å². The molecule has 98 valence electrons. The van der Waals surface area contributed by atoms with Crippen LogP contribution in [0.15, 0.2) is 0 Å². The van der Waals surface area contributed by atoms with Gasteiger partial charge in [0.15, 0.2) is 9.84 Å². The summed E-state index contributed by atoms with van der Waals surface area (Å²) in [6.07, 6.45) is 2.72. The molecule has 2 aliphatic rings. The predicted molar refractivity (Wildman–Crippen MR) is 65.6 cm³/mol. The van der Waals surface area contributed by atoms with E-state index in [0.29, 0.717) is 13.0 Å². The summed E-state index contributed by atoms with van der Waals surface area (Å²) in [6, 6.07) is -0.0924. The van der Waals surface area contributed by atoms with Crippen molar-refractivity contribution in [1.29, 1.82) is 0 Å². The largest absolute Gasteiger partial charge is 0.325 e. The third-order valence-electron chi connectivity index (χ3n) is 3.61. The van der Waals surface area contributed by atoms with Crippen molar-refractivity contribution in [2.75, 3.05) is 31.1 Å². The van der Waals surface area contributed by atoms with Crippen molar-refractivity contribution in [2.24, 2.45) is 0 Å². The summed E-state index contributed by atoms with van der Waals surface area (Å²) in [4.78, 5) is 15.8. The molecule has 5 nitrogen and oxygen atoms in total. The number of nitrogens with zero attached hydrogens (tertiary/aromatic N) is 2. The molecule has 0 spiro atoms. The Morgan fingerprint density at radius 3 is 2.47 bits per heavy atom. The first-order chi connectivity index (χ1) is 8.03. The van der Waals surface area contributed by atoms with Crippen molar-refractivity contribution in [2.45, 2.75) is 32.2 Å². The molecule has 0 aromatic carbocycles. The molecule has 0 saturated carbocycles. The van der Waals surface area contributed by atoms with Crippen molar-refractivity contribution < 1.29 is 13.2 Å². The Balaban J connectivity index is 2.03. The van der Waals surface area contributed by atoms with E-state index in [9.17, 15) is 13.2 Å². The van der Waals surface area contributed by atoms with E-state index >= 15 is 0 Å². The molecule has 0 radical (unpaired) electrons. The Hall–Kier alpha value is -0.780. The summed E-state index contributed by atoms with van der Waals surface area (Å²) in [7, 11) is -2.92. The molecule has 2 saturated heterocycles. The maximum Gasteiger partial charge on any atom is 0.320 e. The van der Waals surface area contributed by atoms with Gasteiger partial charge in [0.1, 0.15) is 0 Å². The summed E-state index contributed by atoms with van der Waals surface area (Å²) in [6.45, 7) is 4.14. The van der Waals surface area contributed by atoms with Gasteiger partial charge in [-0.15, -0.1) is 0 Å². The molecule has 2 fully saturated rings. The molecule has 6 heteroatoms. The second kappa shape index (κ2) is 4.84. The molecule has 0 aromatic rings. The molecule has 0 bridgehead atoms. The van der Waals surface area contributed by atoms with Gasteiger partial charge >= 0.3 is 6.03 Å². The summed E-state index contributed by atoms with van der Waals surface area (Å²) < 4.78 is 22.9. The summed E-state index contributed by atoms with van der Waals surface area (Å²) >= 11 is 0. The fourth-order valence-corrected chi connectivity index (χ4v) is 4.39. The molecular weight excluding hydrogens is 240 g/mol. The quantitative estimate of drug-likeness (QED) is 0.735. The van der Waals surface area contributed by atoms with Crippen LogP contribution in [0.2, 0.25) is 0 Å². The highest BCUT2D eigenvalue weighted by Crippen LogP contribution is 2.20. The molecule has 0 aliphatic carbocycles. The van der Waals surface area contributed by atoms with Crippen molar-refractivity contribution >= 4 is 15.9 Å². The van der Waals surface area contributed by atoms with Crippen LogP contribution in [0.3, 0.4) is 0 Å². The van der Waals surface area contributed by atoms with E-state index in [4.69, 9.17) is 0 Å². The molecule has 1 unspecified atom stereocenters. The summed E-state index contributed by atoms with van der Waals surface area (Å²) in [5.41, 5.74) is 0. The first-order valence-electron chi connectivity index (χ1n) is 6.29. The maximum atomic E-state index is 12.2. The lowest BCUT2D eigenvalue weighted by Gasteiger charge is -2.31. The zero-order valence-electron chi connectivity index (χ0n) is 10.3. The number of rotatable bonds is 2. The third-order valence-corrected chi connectivity index (χ3v) is 5.36. The zero-order valence-corrected chi connectivity index (χ0v) is 11.1. The van der Waals surface area contributed by atoms with Gasteiger partial charge < -0.3 is 9.80 Å². The van der Waals surface area contributed by atoms with E-state index in [1.54, 1.807) is 4.90 Å². The van der Waals surface area contributed by atoms with Gasteiger partial charge in [-0.3, -0.25) is 0 Å². The lowest BCUT2D eigenvalue weighted by molar-refractivity contribution is 0.149. The van der Waals surface area contributed by atoms with Crippen LogP contribution in [-0.4, -0.2) is 61.4 Å². The van der Waals surface area contributed by atoms with Crippen LogP contribution in [-0.2, 0) is 9.84 Å². The normalized spacial score (nSPS) is 27.4. The molecular formula is C11H20N2O3S. The molecule has 17 heavy (non-hydrogen) atoms. The van der Waals surface area contributed by atoms with E-state index in [-0.39, 0.29) is 23.6 Å². The van der Waals surface area contributed by atoms with Gasteiger partial charge in [-0.05, 0) is 26.2 Å². The van der Waals surface area contributed by atoms with E-state index in [1.807, 2.05) is 11.8 Å². The number of urea groups is 1. The monoisotopic (exact) mass is 260 g/mol. The van der Waals surface area contributed by atoms with Crippen LogP contribution in [0.4, 0.5) is 4.79 Å². The smallest absolute Gasteiger partial charge is 0.320 e. The SMILES string of the molecule is CCN(C(=O)N1CCCC1)C1CCS(=O)(=O)C1. The highest BCUT2D eigenvalue weighted by molar-refractivity contribution is 7.91. The van der Waals surface area contributed by atoms with Gasteiger partial charge in [-0.2, -0.15) is 0 Å². The van der Waals surface area contributed by atoms with Crippen LogP contribution in [0.5, 0.6) is 0 Å². The maximum absolute atomic E-state index is 12.2. The lowest BCUT2D eigenvalue weighted by Crippen LogP contribution is -2.47. The van der Waals surface area contributed by atoms with Crippen LogP contribution < -0.4 is 0 Å². The van der Waals surface area contributed by atoms with Gasteiger partial charge in [-0.25, -0.2) is 13.2 Å². The highest BCUT2D eigenvalue weighted by atomic mass is 32.2. The standard InChI is InChI=1S/C11H20N2O3S/c1-2-13(10-5-8-17(15,16)9-10)11(14)12-6-3-4-7-12/h10H,2-9H2,1H3. The zero-order chi connectivity index (χ0) is 12.5. The molecule has 0 aromatic heterocycles. The van der Waals surface area contributed by atoms with E-state index in [0.717, 1.165) is 25.9 Å². The van der Waals surface area contributed by atoms with Crippen molar-refractivity contribution in [3.63, 3.8) is 0 Å². The minimum atomic E-state index is -2.92. The minimum Gasteiger partial charge on any atom is -0.325 e. The van der Waals surface area contributed by atoms with Crippen LogP contribution in [0.1, 0.15) is 26.2 Å². The van der Waals surface area contributed by atoms with Crippen LogP contribution in [0, 0.1) is 0 Å². The van der Waals surface area contributed by atoms with E-state index in [1.165, 1.54) is 0 Å². The van der Waals surface area contributed by atoms with Gasteiger partial charge in [0.2, 0.25) is 0 Å². The third kappa shape index (κ3) is 2.73. The number of amides is 2. The Kier molecular flexibility index (Phi) is 3.61. The predicted octanol–water partition coefficient (Wildman–Crippen LogP) is 0.711. The first-order valence-corrected chi connectivity index (χ1v) is 8.11. The minimum absolute atomic E-state index is 0.0205.